The maximum absolute atomic E-state index is 13.3. The molecule has 0 aliphatic carbocycles. The summed E-state index contributed by atoms with van der Waals surface area (Å²) in [4.78, 5) is 26.7. The van der Waals surface area contributed by atoms with E-state index < -0.39 is 23.4 Å². The van der Waals surface area contributed by atoms with Gasteiger partial charge in [-0.25, -0.2) is 13.2 Å². The highest BCUT2D eigenvalue weighted by molar-refractivity contribution is 6.10. The summed E-state index contributed by atoms with van der Waals surface area (Å²) >= 11 is 0. The predicted molar refractivity (Wildman–Crippen MR) is 112 cm³/mol. The number of benzene rings is 3. The fourth-order valence-electron chi connectivity index (χ4n) is 2.96. The van der Waals surface area contributed by atoms with Crippen molar-refractivity contribution in [3.8, 4) is 0 Å². The Bertz CT molecular complexity index is 1090. The Morgan fingerprint density at radius 3 is 2.29 bits per heavy atom. The summed E-state index contributed by atoms with van der Waals surface area (Å²) in [7, 11) is 1.66. The van der Waals surface area contributed by atoms with E-state index in [1.165, 1.54) is 30.3 Å². The van der Waals surface area contributed by atoms with E-state index in [2.05, 4.69) is 10.6 Å². The second-order valence-corrected chi connectivity index (χ2v) is 6.98. The summed E-state index contributed by atoms with van der Waals surface area (Å²) in [5, 5.41) is 5.34. The van der Waals surface area contributed by atoms with Crippen LogP contribution < -0.4 is 10.6 Å². The van der Waals surface area contributed by atoms with E-state index in [0.717, 1.165) is 12.1 Å². The van der Waals surface area contributed by atoms with Crippen LogP contribution in [0.4, 0.5) is 24.5 Å². The Morgan fingerprint density at radius 2 is 1.58 bits per heavy atom. The molecular formula is C23H20F3N3O2. The second-order valence-electron chi connectivity index (χ2n) is 6.98. The molecule has 0 aliphatic rings. The Balaban J connectivity index is 1.62. The first-order chi connectivity index (χ1) is 14.8. The first-order valence-electron chi connectivity index (χ1n) is 9.40. The number of hydrogen-bond donors (Lipinski definition) is 2. The van der Waals surface area contributed by atoms with Crippen molar-refractivity contribution < 1.29 is 22.8 Å². The van der Waals surface area contributed by atoms with Gasteiger partial charge in [0.2, 0.25) is 5.91 Å². The van der Waals surface area contributed by atoms with Crippen molar-refractivity contribution in [2.45, 2.75) is 6.54 Å². The summed E-state index contributed by atoms with van der Waals surface area (Å²) in [6, 6.07) is 15.4. The Hall–Kier alpha value is -3.65. The van der Waals surface area contributed by atoms with E-state index in [-0.39, 0.29) is 24.6 Å². The molecule has 0 fully saturated rings. The van der Waals surface area contributed by atoms with Crippen molar-refractivity contribution in [1.29, 1.82) is 0 Å². The lowest BCUT2D eigenvalue weighted by molar-refractivity contribution is -0.117. The molecule has 0 saturated carbocycles. The molecule has 0 radical (unpaired) electrons. The number of likely N-dealkylation sites (N-methyl/N-ethyl adjacent to an activating group) is 1. The zero-order chi connectivity index (χ0) is 22.4. The SMILES string of the molecule is CN(CC(=O)Nc1ccccc1C(=O)Nc1ccc(F)cc1)Cc1ccc(F)c(F)c1. The third-order valence-corrected chi connectivity index (χ3v) is 4.40. The molecule has 2 N–H and O–H groups in total. The fraction of sp³-hybridized carbons (Fsp3) is 0.130. The Labute approximate surface area is 177 Å². The summed E-state index contributed by atoms with van der Waals surface area (Å²) < 4.78 is 39.4. The van der Waals surface area contributed by atoms with Crippen LogP contribution in [0.2, 0.25) is 0 Å². The van der Waals surface area contributed by atoms with Crippen LogP contribution in [-0.2, 0) is 11.3 Å². The van der Waals surface area contributed by atoms with Gasteiger partial charge in [-0.1, -0.05) is 18.2 Å². The molecule has 3 aromatic rings. The highest BCUT2D eigenvalue weighted by Gasteiger charge is 2.15. The summed E-state index contributed by atoms with van der Waals surface area (Å²) in [6.07, 6.45) is 0. The van der Waals surface area contributed by atoms with Crippen molar-refractivity contribution in [2.24, 2.45) is 0 Å². The molecule has 5 nitrogen and oxygen atoms in total. The smallest absolute Gasteiger partial charge is 0.257 e. The monoisotopic (exact) mass is 427 g/mol. The van der Waals surface area contributed by atoms with Gasteiger partial charge in [-0.2, -0.15) is 0 Å². The van der Waals surface area contributed by atoms with E-state index >= 15 is 0 Å². The van der Waals surface area contributed by atoms with E-state index in [1.54, 1.807) is 36.2 Å². The van der Waals surface area contributed by atoms with Gasteiger partial charge in [-0.3, -0.25) is 14.5 Å². The van der Waals surface area contributed by atoms with Crippen LogP contribution in [0, 0.1) is 17.5 Å². The van der Waals surface area contributed by atoms with Crippen molar-refractivity contribution in [3.63, 3.8) is 0 Å². The van der Waals surface area contributed by atoms with Crippen LogP contribution in [-0.4, -0.2) is 30.3 Å². The maximum atomic E-state index is 13.3. The Morgan fingerprint density at radius 1 is 0.871 bits per heavy atom. The molecule has 0 atom stereocenters. The van der Waals surface area contributed by atoms with Gasteiger partial charge in [0.25, 0.3) is 5.91 Å². The molecule has 0 unspecified atom stereocenters. The number of carbonyl (C=O) groups excluding carboxylic acids is 2. The third kappa shape index (κ3) is 6.16. The second kappa shape index (κ2) is 9.90. The summed E-state index contributed by atoms with van der Waals surface area (Å²) in [5.74, 6) is -3.14. The molecule has 3 rings (SSSR count). The van der Waals surface area contributed by atoms with Crippen LogP contribution in [0.5, 0.6) is 0 Å². The average Bonchev–Trinajstić information content (AvgIpc) is 2.72. The number of nitrogens with zero attached hydrogens (tertiary/aromatic N) is 1. The highest BCUT2D eigenvalue weighted by Crippen LogP contribution is 2.18. The molecule has 0 heterocycles. The van der Waals surface area contributed by atoms with Gasteiger partial charge >= 0.3 is 0 Å². The van der Waals surface area contributed by atoms with Gasteiger partial charge in [-0.15, -0.1) is 0 Å². The lowest BCUT2D eigenvalue weighted by atomic mass is 10.1. The fourth-order valence-corrected chi connectivity index (χ4v) is 2.96. The maximum Gasteiger partial charge on any atom is 0.257 e. The van der Waals surface area contributed by atoms with Gasteiger partial charge < -0.3 is 10.6 Å². The highest BCUT2D eigenvalue weighted by atomic mass is 19.2. The van der Waals surface area contributed by atoms with Crippen LogP contribution in [0.15, 0.2) is 66.7 Å². The van der Waals surface area contributed by atoms with Crippen molar-refractivity contribution in [3.05, 3.63) is 95.3 Å². The minimum Gasteiger partial charge on any atom is -0.324 e. The van der Waals surface area contributed by atoms with Gasteiger partial charge in [0, 0.05) is 12.2 Å². The normalized spacial score (nSPS) is 10.7. The largest absolute Gasteiger partial charge is 0.324 e. The summed E-state index contributed by atoms with van der Waals surface area (Å²) in [6.45, 7) is 0.199. The first-order valence-corrected chi connectivity index (χ1v) is 9.40. The number of anilines is 2. The number of amides is 2. The number of para-hydroxylation sites is 1. The van der Waals surface area contributed by atoms with E-state index in [9.17, 15) is 22.8 Å². The molecule has 160 valence electrons. The van der Waals surface area contributed by atoms with E-state index in [0.29, 0.717) is 16.9 Å². The van der Waals surface area contributed by atoms with Crippen LogP contribution in [0.25, 0.3) is 0 Å². The van der Waals surface area contributed by atoms with Gasteiger partial charge in [0.15, 0.2) is 11.6 Å². The molecule has 3 aromatic carbocycles. The van der Waals surface area contributed by atoms with Crippen molar-refractivity contribution >= 4 is 23.2 Å². The molecule has 0 bridgehead atoms. The van der Waals surface area contributed by atoms with Crippen LogP contribution >= 0.6 is 0 Å². The lowest BCUT2D eigenvalue weighted by Gasteiger charge is -2.17. The van der Waals surface area contributed by atoms with Gasteiger partial charge in [0.05, 0.1) is 17.8 Å². The zero-order valence-electron chi connectivity index (χ0n) is 16.7. The number of rotatable bonds is 7. The van der Waals surface area contributed by atoms with Crippen LogP contribution in [0.1, 0.15) is 15.9 Å². The van der Waals surface area contributed by atoms with Gasteiger partial charge in [0.1, 0.15) is 5.82 Å². The first kappa shape index (κ1) is 22.0. The topological polar surface area (TPSA) is 61.4 Å². The quantitative estimate of drug-likeness (QED) is 0.587. The molecule has 2 amide bonds. The van der Waals surface area contributed by atoms with E-state index in [4.69, 9.17) is 0 Å². The van der Waals surface area contributed by atoms with Crippen molar-refractivity contribution in [1.82, 2.24) is 4.90 Å². The molecule has 0 aliphatic heterocycles. The molecule has 8 heteroatoms. The van der Waals surface area contributed by atoms with Crippen LogP contribution in [0.3, 0.4) is 0 Å². The van der Waals surface area contributed by atoms with E-state index in [1.807, 2.05) is 0 Å². The number of carbonyl (C=O) groups is 2. The molecule has 0 aromatic heterocycles. The van der Waals surface area contributed by atoms with Crippen molar-refractivity contribution in [2.75, 3.05) is 24.2 Å². The number of halogens is 3. The number of nitrogens with one attached hydrogen (secondary N) is 2. The molecule has 31 heavy (non-hydrogen) atoms. The third-order valence-electron chi connectivity index (χ3n) is 4.40. The Kier molecular flexibility index (Phi) is 7.04. The minimum absolute atomic E-state index is 0.0348. The molecular weight excluding hydrogens is 407 g/mol. The standard InChI is InChI=1S/C23H20F3N3O2/c1-29(13-15-6-11-19(25)20(26)12-15)14-22(30)28-21-5-3-2-4-18(21)23(31)27-17-9-7-16(24)8-10-17/h2-12H,13-14H2,1H3,(H,27,31)(H,28,30). The molecule has 0 saturated heterocycles. The van der Waals surface area contributed by atoms with Gasteiger partial charge in [-0.05, 0) is 61.1 Å². The predicted octanol–water partition coefficient (Wildman–Crippen LogP) is 4.43. The summed E-state index contributed by atoms with van der Waals surface area (Å²) in [5.41, 5.74) is 1.49. The average molecular weight is 427 g/mol. The lowest BCUT2D eigenvalue weighted by Crippen LogP contribution is -2.30. The number of hydrogen-bond acceptors (Lipinski definition) is 3. The zero-order valence-corrected chi connectivity index (χ0v) is 16.7. The minimum atomic E-state index is -0.948. The molecule has 0 spiro atoms.